The van der Waals surface area contributed by atoms with Crippen molar-refractivity contribution in [1.82, 2.24) is 4.98 Å². The summed E-state index contributed by atoms with van der Waals surface area (Å²) in [5, 5.41) is 3.24. The molecule has 0 spiro atoms. The zero-order chi connectivity index (χ0) is 19.4. The lowest BCUT2D eigenvalue weighted by Crippen LogP contribution is -2.22. The van der Waals surface area contributed by atoms with Crippen LogP contribution in [-0.2, 0) is 16.0 Å². The van der Waals surface area contributed by atoms with E-state index < -0.39 is 24.3 Å². The molecule has 1 N–H and O–H groups in total. The van der Waals surface area contributed by atoms with E-state index in [0.29, 0.717) is 17.7 Å². The minimum absolute atomic E-state index is 0.0383. The molecule has 0 unspecified atom stereocenters. The second-order valence-electron chi connectivity index (χ2n) is 6.03. The first-order valence-corrected chi connectivity index (χ1v) is 8.61. The van der Waals surface area contributed by atoms with Crippen molar-refractivity contribution in [2.45, 2.75) is 20.3 Å². The molecule has 138 valence electrons. The van der Waals surface area contributed by atoms with Crippen molar-refractivity contribution in [2.24, 2.45) is 0 Å². The molecule has 3 rings (SSSR count). The number of aryl methyl sites for hydroxylation is 2. The number of hydrogen-bond donors (Lipinski definition) is 1. The van der Waals surface area contributed by atoms with Crippen molar-refractivity contribution >= 4 is 28.5 Å². The summed E-state index contributed by atoms with van der Waals surface area (Å²) in [5.41, 5.74) is 2.59. The maximum atomic E-state index is 13.6. The minimum atomic E-state index is -0.619. The molecule has 0 atom stereocenters. The Morgan fingerprint density at radius 1 is 1.11 bits per heavy atom. The summed E-state index contributed by atoms with van der Waals surface area (Å²) in [5.74, 6) is -1.79. The number of ether oxygens (including phenoxy) is 1. The Morgan fingerprint density at radius 2 is 1.81 bits per heavy atom. The first-order valence-electron chi connectivity index (χ1n) is 8.61. The summed E-state index contributed by atoms with van der Waals surface area (Å²) >= 11 is 0. The molecule has 3 aromatic rings. The molecule has 0 radical (unpaired) electrons. The third-order valence-electron chi connectivity index (χ3n) is 4.25. The standard InChI is InChI=1S/C21H19FN2O3/c1-3-16-20(13(2)14-8-4-6-10-17(14)23-16)21(26)27-12-19(25)24-18-11-7-5-9-15(18)22/h4-11H,3,12H2,1-2H3,(H,24,25). The molecule has 0 aliphatic carbocycles. The number of nitrogens with zero attached hydrogens (tertiary/aromatic N) is 1. The Hall–Kier alpha value is -3.28. The van der Waals surface area contributed by atoms with Gasteiger partial charge in [-0.25, -0.2) is 9.18 Å². The SMILES string of the molecule is CCc1nc2ccccc2c(C)c1C(=O)OCC(=O)Nc1ccccc1F. The van der Waals surface area contributed by atoms with Crippen LogP contribution in [0.1, 0.15) is 28.5 Å². The smallest absolute Gasteiger partial charge is 0.340 e. The predicted octanol–water partition coefficient (Wildman–Crippen LogP) is 4.04. The van der Waals surface area contributed by atoms with Crippen LogP contribution in [-0.4, -0.2) is 23.5 Å². The Morgan fingerprint density at radius 3 is 2.56 bits per heavy atom. The van der Waals surface area contributed by atoms with Gasteiger partial charge in [0.15, 0.2) is 6.61 Å². The Bertz CT molecular complexity index is 1020. The minimum Gasteiger partial charge on any atom is -0.452 e. The fourth-order valence-corrected chi connectivity index (χ4v) is 2.92. The molecule has 1 heterocycles. The van der Waals surface area contributed by atoms with Gasteiger partial charge in [-0.2, -0.15) is 0 Å². The average Bonchev–Trinajstić information content (AvgIpc) is 2.67. The van der Waals surface area contributed by atoms with Gasteiger partial charge in [0.05, 0.1) is 22.5 Å². The number of benzene rings is 2. The van der Waals surface area contributed by atoms with Gasteiger partial charge >= 0.3 is 5.97 Å². The van der Waals surface area contributed by atoms with Crippen LogP contribution in [0.5, 0.6) is 0 Å². The number of amides is 1. The summed E-state index contributed by atoms with van der Waals surface area (Å²) in [6.07, 6.45) is 0.553. The number of aromatic nitrogens is 1. The molecule has 0 fully saturated rings. The molecule has 0 saturated carbocycles. The highest BCUT2D eigenvalue weighted by atomic mass is 19.1. The van der Waals surface area contributed by atoms with Crippen LogP contribution in [0.4, 0.5) is 10.1 Å². The molecule has 0 aliphatic heterocycles. The van der Waals surface area contributed by atoms with Crippen molar-refractivity contribution in [3.8, 4) is 0 Å². The van der Waals surface area contributed by atoms with Gasteiger partial charge in [-0.05, 0) is 37.1 Å². The molecule has 1 amide bonds. The summed E-state index contributed by atoms with van der Waals surface area (Å²) in [4.78, 5) is 29.1. The number of para-hydroxylation sites is 2. The van der Waals surface area contributed by atoms with Gasteiger partial charge in [-0.15, -0.1) is 0 Å². The van der Waals surface area contributed by atoms with E-state index in [1.165, 1.54) is 18.2 Å². The topological polar surface area (TPSA) is 68.3 Å². The normalized spacial score (nSPS) is 10.6. The molecule has 27 heavy (non-hydrogen) atoms. The third kappa shape index (κ3) is 3.95. The predicted molar refractivity (Wildman–Crippen MR) is 101 cm³/mol. The second kappa shape index (κ2) is 7.95. The van der Waals surface area contributed by atoms with Crippen LogP contribution in [0.25, 0.3) is 10.9 Å². The van der Waals surface area contributed by atoms with Gasteiger partial charge in [0, 0.05) is 5.39 Å². The van der Waals surface area contributed by atoms with Gasteiger partial charge in [0.2, 0.25) is 0 Å². The van der Waals surface area contributed by atoms with Crippen molar-refractivity contribution in [1.29, 1.82) is 0 Å². The van der Waals surface area contributed by atoms with E-state index in [0.717, 1.165) is 16.5 Å². The molecule has 2 aromatic carbocycles. The molecular formula is C21H19FN2O3. The van der Waals surface area contributed by atoms with E-state index in [2.05, 4.69) is 10.3 Å². The lowest BCUT2D eigenvalue weighted by atomic mass is 10.0. The molecule has 0 bridgehead atoms. The summed E-state index contributed by atoms with van der Waals surface area (Å²) < 4.78 is 18.7. The highest BCUT2D eigenvalue weighted by Gasteiger charge is 2.20. The van der Waals surface area contributed by atoms with E-state index in [1.54, 1.807) is 6.07 Å². The van der Waals surface area contributed by atoms with Crippen molar-refractivity contribution in [3.05, 3.63) is 71.2 Å². The Balaban J connectivity index is 1.77. The lowest BCUT2D eigenvalue weighted by Gasteiger charge is -2.13. The van der Waals surface area contributed by atoms with Gasteiger partial charge < -0.3 is 10.1 Å². The first-order chi connectivity index (χ1) is 13.0. The van der Waals surface area contributed by atoms with Gasteiger partial charge in [0.1, 0.15) is 5.82 Å². The number of anilines is 1. The Kier molecular flexibility index (Phi) is 5.45. The molecule has 0 aliphatic rings. The van der Waals surface area contributed by atoms with Gasteiger partial charge in [0.25, 0.3) is 5.91 Å². The summed E-state index contributed by atoms with van der Waals surface area (Å²) in [7, 11) is 0. The van der Waals surface area contributed by atoms with Crippen molar-refractivity contribution in [2.75, 3.05) is 11.9 Å². The van der Waals surface area contributed by atoms with E-state index in [1.807, 2.05) is 38.1 Å². The number of fused-ring (bicyclic) bond motifs is 1. The van der Waals surface area contributed by atoms with Gasteiger partial charge in [-0.3, -0.25) is 9.78 Å². The lowest BCUT2D eigenvalue weighted by molar-refractivity contribution is -0.119. The molecule has 6 heteroatoms. The van der Waals surface area contributed by atoms with E-state index in [4.69, 9.17) is 4.74 Å². The fourth-order valence-electron chi connectivity index (χ4n) is 2.92. The van der Waals surface area contributed by atoms with Crippen molar-refractivity contribution in [3.63, 3.8) is 0 Å². The van der Waals surface area contributed by atoms with Crippen LogP contribution in [0.3, 0.4) is 0 Å². The number of pyridine rings is 1. The number of esters is 1. The van der Waals surface area contributed by atoms with Crippen LogP contribution < -0.4 is 5.32 Å². The molecule has 0 saturated heterocycles. The van der Waals surface area contributed by atoms with Crippen LogP contribution in [0, 0.1) is 12.7 Å². The monoisotopic (exact) mass is 366 g/mol. The fraction of sp³-hybridized carbons (Fsp3) is 0.190. The largest absolute Gasteiger partial charge is 0.452 e. The Labute approximate surface area is 156 Å². The quantitative estimate of drug-likeness (QED) is 0.692. The second-order valence-corrected chi connectivity index (χ2v) is 6.03. The van der Waals surface area contributed by atoms with E-state index in [-0.39, 0.29) is 5.69 Å². The maximum absolute atomic E-state index is 13.6. The van der Waals surface area contributed by atoms with Gasteiger partial charge in [-0.1, -0.05) is 37.3 Å². The third-order valence-corrected chi connectivity index (χ3v) is 4.25. The summed E-state index contributed by atoms with van der Waals surface area (Å²) in [6.45, 7) is 3.22. The summed E-state index contributed by atoms with van der Waals surface area (Å²) in [6, 6.07) is 13.3. The average molecular weight is 366 g/mol. The molecular weight excluding hydrogens is 347 g/mol. The number of carbonyl (C=O) groups excluding carboxylic acids is 2. The van der Waals surface area contributed by atoms with Crippen molar-refractivity contribution < 1.29 is 18.7 Å². The number of nitrogens with one attached hydrogen (secondary N) is 1. The molecule has 5 nitrogen and oxygen atoms in total. The van der Waals surface area contributed by atoms with E-state index in [9.17, 15) is 14.0 Å². The first kappa shape index (κ1) is 18.5. The van der Waals surface area contributed by atoms with Crippen LogP contribution >= 0.6 is 0 Å². The number of carbonyl (C=O) groups is 2. The van der Waals surface area contributed by atoms with E-state index >= 15 is 0 Å². The highest BCUT2D eigenvalue weighted by Crippen LogP contribution is 2.24. The molecule has 1 aromatic heterocycles. The highest BCUT2D eigenvalue weighted by molar-refractivity contribution is 6.00. The van der Waals surface area contributed by atoms with Crippen LogP contribution in [0.15, 0.2) is 48.5 Å². The number of halogens is 1. The zero-order valence-electron chi connectivity index (χ0n) is 15.1. The maximum Gasteiger partial charge on any atom is 0.340 e. The number of hydrogen-bond acceptors (Lipinski definition) is 4. The number of rotatable bonds is 5. The van der Waals surface area contributed by atoms with Crippen LogP contribution in [0.2, 0.25) is 0 Å². The zero-order valence-corrected chi connectivity index (χ0v) is 15.1.